The van der Waals surface area contributed by atoms with Crippen molar-refractivity contribution < 1.29 is 61.5 Å². The molecule has 0 saturated heterocycles. The summed E-state index contributed by atoms with van der Waals surface area (Å²) >= 11 is 0. The molecule has 12 rings (SSSR count). The summed E-state index contributed by atoms with van der Waals surface area (Å²) < 4.78 is 189. The van der Waals surface area contributed by atoms with E-state index in [4.69, 9.17) is 0 Å². The molecule has 3 fully saturated rings. The lowest BCUT2D eigenvalue weighted by Gasteiger charge is -2.12. The minimum atomic E-state index is -4.74. The summed E-state index contributed by atoms with van der Waals surface area (Å²) in [7, 11) is 0. The van der Waals surface area contributed by atoms with Gasteiger partial charge < -0.3 is 16.0 Å². The Morgan fingerprint density at radius 3 is 1.18 bits per heavy atom. The van der Waals surface area contributed by atoms with Gasteiger partial charge in [0.2, 0.25) is 35.3 Å². The molecule has 3 aliphatic carbocycles. The Labute approximate surface area is 423 Å². The number of hydrogen-bond acceptors (Lipinski definition) is 12. The molecule has 15 nitrogen and oxygen atoms in total. The molecule has 6 heterocycles. The van der Waals surface area contributed by atoms with E-state index in [0.717, 1.165) is 80.9 Å². The maximum absolute atomic E-state index is 14.0. The number of alkyl halides is 9. The molecule has 0 atom stereocenters. The van der Waals surface area contributed by atoms with Gasteiger partial charge in [0.1, 0.15) is 34.0 Å². The maximum atomic E-state index is 14.0. The lowest BCUT2D eigenvalue weighted by molar-refractivity contribution is -0.145. The topological polar surface area (TPSA) is 167 Å². The van der Waals surface area contributed by atoms with Crippen molar-refractivity contribution in [2.75, 3.05) is 16.0 Å². The summed E-state index contributed by atoms with van der Waals surface area (Å²) in [5.41, 5.74) is 0.807. The quantitative estimate of drug-likeness (QED) is 0.0993. The zero-order valence-corrected chi connectivity index (χ0v) is 39.3. The molecule has 6 aromatic heterocycles. The van der Waals surface area contributed by atoms with Crippen molar-refractivity contribution in [1.29, 1.82) is 0 Å². The molecule has 0 radical (unpaired) electrons. The highest BCUT2D eigenvalue weighted by Gasteiger charge is 2.38. The molecule has 3 saturated carbocycles. The van der Waals surface area contributed by atoms with Crippen LogP contribution in [0.2, 0.25) is 0 Å². The van der Waals surface area contributed by atoms with E-state index in [1.807, 2.05) is 0 Å². The van der Waals surface area contributed by atoms with E-state index in [-0.39, 0.29) is 100 Å². The van der Waals surface area contributed by atoms with E-state index in [9.17, 15) is 61.5 Å². The molecule has 0 aliphatic heterocycles. The molecule has 0 bridgehead atoms. The summed E-state index contributed by atoms with van der Waals surface area (Å²) in [6.45, 7) is -0.345. The Morgan fingerprint density at radius 2 is 0.792 bits per heavy atom. The van der Waals surface area contributed by atoms with Crippen LogP contribution in [0.15, 0.2) is 79.3 Å². The van der Waals surface area contributed by atoms with Gasteiger partial charge >= 0.3 is 18.5 Å². The van der Waals surface area contributed by atoms with Crippen LogP contribution in [-0.4, -0.2) is 76.7 Å². The fourth-order valence-electron chi connectivity index (χ4n) is 7.63. The van der Waals surface area contributed by atoms with Crippen molar-refractivity contribution in [2.24, 2.45) is 0 Å². The van der Waals surface area contributed by atoms with E-state index in [2.05, 4.69) is 60.8 Å². The monoisotopic (exact) mass is 1090 g/mol. The second kappa shape index (κ2) is 20.4. The average molecular weight is 1090 g/mol. The van der Waals surface area contributed by atoms with Gasteiger partial charge in [-0.05, 0) is 74.4 Å². The summed E-state index contributed by atoms with van der Waals surface area (Å²) in [6, 6.07) is 13.4. The third-order valence-corrected chi connectivity index (χ3v) is 11.9. The van der Waals surface area contributed by atoms with Crippen LogP contribution < -0.4 is 16.0 Å². The van der Waals surface area contributed by atoms with Crippen LogP contribution >= 0.6 is 0 Å². The standard InChI is InChI=1S/2C16H12F5N5.C16H13F4N5/c17-10-2-1-3-11(18)9(10)7-26-13-12(24-15(26)23-8-4-5-8)6-22-14(25-13)16(19,20)21;17-10-3-1-2-8(12(10)18)7-26-13-11(24-15(26)23-9-4-5-9)6-22-14(25-13)16(19,20)21;17-10-3-1-9(2-4-10)8-25-13-12(23-15(25)22-11-5-6-11)7-21-14(24-13)16(18,19)20/h1-3,6,8H,4-5,7H2,(H,23,24);1-3,6,9H,4-5,7H2,(H,23,24);1-4,7,11H,5-6,8H2,(H,22,23). The van der Waals surface area contributed by atoms with Gasteiger partial charge in [-0.25, -0.2) is 66.8 Å². The van der Waals surface area contributed by atoms with Gasteiger partial charge in [-0.1, -0.05) is 30.3 Å². The van der Waals surface area contributed by atoms with Gasteiger partial charge in [0.25, 0.3) is 0 Å². The number of nitrogens with zero attached hydrogens (tertiary/aromatic N) is 12. The first kappa shape index (κ1) is 52.2. The molecule has 3 aliphatic rings. The van der Waals surface area contributed by atoms with Crippen molar-refractivity contribution in [1.82, 2.24) is 58.6 Å². The Kier molecular flexibility index (Phi) is 13.8. The summed E-state index contributed by atoms with van der Waals surface area (Å²) in [5, 5.41) is 9.31. The van der Waals surface area contributed by atoms with Gasteiger partial charge in [0.05, 0.1) is 38.2 Å². The van der Waals surface area contributed by atoms with Gasteiger partial charge in [-0.15, -0.1) is 0 Å². The average Bonchev–Trinajstić information content (AvgIpc) is 4.36. The highest BCUT2D eigenvalue weighted by molar-refractivity contribution is 5.76. The maximum Gasteiger partial charge on any atom is 0.451 e. The molecule has 0 spiro atoms. The van der Waals surface area contributed by atoms with Gasteiger partial charge in [-0.3, -0.25) is 13.7 Å². The fraction of sp³-hybridized carbons (Fsp3) is 0.312. The van der Waals surface area contributed by atoms with Crippen LogP contribution in [0.25, 0.3) is 33.5 Å². The predicted octanol–water partition coefficient (Wildman–Crippen LogP) is 11.1. The highest BCUT2D eigenvalue weighted by atomic mass is 19.4. The molecule has 9 aromatic rings. The van der Waals surface area contributed by atoms with E-state index >= 15 is 0 Å². The summed E-state index contributed by atoms with van der Waals surface area (Å²) in [5.74, 6) is -7.03. The van der Waals surface area contributed by atoms with E-state index < -0.39 is 59.3 Å². The molecule has 0 unspecified atom stereocenters. The molecular formula is C48H37F14N15. The molecular weight excluding hydrogens is 1050 g/mol. The molecule has 402 valence electrons. The number of rotatable bonds is 12. The minimum Gasteiger partial charge on any atom is -0.353 e. The van der Waals surface area contributed by atoms with E-state index in [0.29, 0.717) is 5.95 Å². The first-order valence-corrected chi connectivity index (χ1v) is 23.4. The number of hydrogen-bond donors (Lipinski definition) is 3. The number of nitrogens with one attached hydrogen (secondary N) is 3. The Hall–Kier alpha value is -8.27. The van der Waals surface area contributed by atoms with Crippen molar-refractivity contribution in [2.45, 2.75) is 94.8 Å². The normalized spacial score (nSPS) is 14.8. The molecule has 77 heavy (non-hydrogen) atoms. The van der Waals surface area contributed by atoms with Crippen LogP contribution in [0, 0.1) is 29.1 Å². The lowest BCUT2D eigenvalue weighted by Crippen LogP contribution is -2.14. The number of benzene rings is 3. The van der Waals surface area contributed by atoms with Gasteiger partial charge in [0.15, 0.2) is 28.6 Å². The number of fused-ring (bicyclic) bond motifs is 3. The van der Waals surface area contributed by atoms with Crippen LogP contribution in [0.5, 0.6) is 0 Å². The third-order valence-electron chi connectivity index (χ3n) is 11.9. The molecule has 0 amide bonds. The van der Waals surface area contributed by atoms with Crippen molar-refractivity contribution in [3.8, 4) is 0 Å². The first-order valence-electron chi connectivity index (χ1n) is 23.4. The number of halogens is 14. The second-order valence-electron chi connectivity index (χ2n) is 18.1. The number of aromatic nitrogens is 12. The Bertz CT molecular complexity index is 3600. The molecule has 29 heteroatoms. The third kappa shape index (κ3) is 12.1. The largest absolute Gasteiger partial charge is 0.451 e. The first-order chi connectivity index (χ1) is 36.5. The van der Waals surface area contributed by atoms with Crippen molar-refractivity contribution in [3.63, 3.8) is 0 Å². The highest BCUT2D eigenvalue weighted by Crippen LogP contribution is 2.34. The SMILES string of the molecule is Fc1ccc(Cn2c(NC3CC3)nc3cnc(C(F)(F)F)nc32)cc1.Fc1cccc(Cn2c(NC3CC3)nc3cnc(C(F)(F)F)nc32)c1F.Fc1cccc(F)c1Cn1c(NC2CC2)nc2cnc(C(F)(F)F)nc21. The lowest BCUT2D eigenvalue weighted by atomic mass is 10.2. The summed E-state index contributed by atoms with van der Waals surface area (Å²) in [4.78, 5) is 33.4. The van der Waals surface area contributed by atoms with E-state index in [1.54, 1.807) is 16.7 Å². The number of imidazole rings is 3. The fourth-order valence-corrected chi connectivity index (χ4v) is 7.63. The van der Waals surface area contributed by atoms with Crippen molar-refractivity contribution in [3.05, 3.63) is 143 Å². The van der Waals surface area contributed by atoms with Crippen molar-refractivity contribution >= 4 is 51.3 Å². The second-order valence-corrected chi connectivity index (χ2v) is 18.1. The van der Waals surface area contributed by atoms with Crippen LogP contribution in [-0.2, 0) is 38.2 Å². The Morgan fingerprint density at radius 1 is 0.429 bits per heavy atom. The zero-order valence-electron chi connectivity index (χ0n) is 39.3. The number of anilines is 3. The summed E-state index contributed by atoms with van der Waals surface area (Å²) in [6.07, 6.45) is -5.55. The Balaban J connectivity index is 0.000000131. The van der Waals surface area contributed by atoms with Gasteiger partial charge in [-0.2, -0.15) is 39.5 Å². The van der Waals surface area contributed by atoms with Crippen LogP contribution in [0.3, 0.4) is 0 Å². The van der Waals surface area contributed by atoms with E-state index in [1.165, 1.54) is 39.5 Å². The zero-order chi connectivity index (χ0) is 54.6. The van der Waals surface area contributed by atoms with Crippen LogP contribution in [0.4, 0.5) is 79.3 Å². The minimum absolute atomic E-state index is 0.0182. The van der Waals surface area contributed by atoms with Crippen LogP contribution in [0.1, 0.15) is 72.7 Å². The molecule has 3 aromatic carbocycles. The predicted molar refractivity (Wildman–Crippen MR) is 247 cm³/mol. The van der Waals surface area contributed by atoms with Gasteiger partial charge in [0, 0.05) is 29.3 Å². The molecule has 3 N–H and O–H groups in total. The smallest absolute Gasteiger partial charge is 0.353 e.